The van der Waals surface area contributed by atoms with Gasteiger partial charge in [-0.3, -0.25) is 19.2 Å². The topological polar surface area (TPSA) is 83.5 Å². The number of hydrogen-bond acceptors (Lipinski definition) is 5. The third kappa shape index (κ3) is 3.85. The highest BCUT2D eigenvalue weighted by Gasteiger charge is 2.29. The van der Waals surface area contributed by atoms with Crippen LogP contribution in [-0.2, 0) is 11.3 Å². The van der Waals surface area contributed by atoms with Crippen LogP contribution in [0.15, 0.2) is 23.1 Å². The van der Waals surface area contributed by atoms with E-state index in [0.29, 0.717) is 17.3 Å². The summed E-state index contributed by atoms with van der Waals surface area (Å²) in [5, 5.41) is 6.01. The fourth-order valence-corrected chi connectivity index (χ4v) is 5.46. The lowest BCUT2D eigenvalue weighted by Crippen LogP contribution is -2.53. The van der Waals surface area contributed by atoms with Crippen LogP contribution in [0.1, 0.15) is 41.6 Å². The minimum absolute atomic E-state index is 0.0774. The molecule has 3 aliphatic rings. The number of rotatable bonds is 4. The maximum atomic E-state index is 13.6. The van der Waals surface area contributed by atoms with Crippen LogP contribution < -0.4 is 5.56 Å². The van der Waals surface area contributed by atoms with Gasteiger partial charge in [-0.2, -0.15) is 5.10 Å². The Kier molecular flexibility index (Phi) is 5.22. The second-order valence-corrected chi connectivity index (χ2v) is 9.87. The van der Waals surface area contributed by atoms with Crippen molar-refractivity contribution in [3.63, 3.8) is 0 Å². The van der Waals surface area contributed by atoms with Gasteiger partial charge in [0, 0.05) is 62.9 Å². The van der Waals surface area contributed by atoms with Crippen molar-refractivity contribution in [2.24, 2.45) is 5.92 Å². The first kappa shape index (κ1) is 20.9. The molecular weight excluding hydrogens is 418 g/mol. The first-order valence-electron chi connectivity index (χ1n) is 12.2. The standard InChI is InChI=1S/C25H31N5O3/c1-16-12-22-20(23-21(24(31)27-22)14-26-30(23)15-17-2-3-17)13-19(16)25(32)29-8-6-28(7-9-29)18-4-10-33-11-5-18/h12-14,17-18H,2-11,15H2,1H3,(H,27,31). The second-order valence-electron chi connectivity index (χ2n) is 9.87. The molecule has 1 amide bonds. The third-order valence-corrected chi connectivity index (χ3v) is 7.62. The molecule has 2 aliphatic heterocycles. The number of amides is 1. The van der Waals surface area contributed by atoms with Crippen molar-refractivity contribution < 1.29 is 9.53 Å². The summed E-state index contributed by atoms with van der Waals surface area (Å²) in [5.74, 6) is 0.717. The molecule has 1 saturated carbocycles. The van der Waals surface area contributed by atoms with E-state index in [2.05, 4.69) is 15.0 Å². The van der Waals surface area contributed by atoms with E-state index >= 15 is 0 Å². The SMILES string of the molecule is Cc1cc2[nH]c(=O)c3cnn(CC4CC4)c3c2cc1C(=O)N1CCN(C2CCOCC2)CC1. The van der Waals surface area contributed by atoms with Gasteiger partial charge in [-0.1, -0.05) is 0 Å². The molecule has 33 heavy (non-hydrogen) atoms. The Hall–Kier alpha value is -2.71. The van der Waals surface area contributed by atoms with E-state index in [1.54, 1.807) is 6.20 Å². The number of nitrogens with one attached hydrogen (secondary N) is 1. The van der Waals surface area contributed by atoms with Crippen molar-refractivity contribution in [1.82, 2.24) is 24.6 Å². The number of nitrogens with zero attached hydrogens (tertiary/aromatic N) is 4. The molecule has 3 fully saturated rings. The van der Waals surface area contributed by atoms with Gasteiger partial charge in [0.2, 0.25) is 0 Å². The summed E-state index contributed by atoms with van der Waals surface area (Å²) in [7, 11) is 0. The molecule has 1 aromatic carbocycles. The van der Waals surface area contributed by atoms with Crippen LogP contribution in [0.3, 0.4) is 0 Å². The summed E-state index contributed by atoms with van der Waals surface area (Å²) in [6.07, 6.45) is 6.25. The lowest BCUT2D eigenvalue weighted by molar-refractivity contribution is 0.0137. The Morgan fingerprint density at radius 2 is 1.85 bits per heavy atom. The monoisotopic (exact) mass is 449 g/mol. The van der Waals surface area contributed by atoms with Gasteiger partial charge < -0.3 is 14.6 Å². The van der Waals surface area contributed by atoms with Crippen molar-refractivity contribution in [3.8, 4) is 0 Å². The second kappa shape index (κ2) is 8.25. The van der Waals surface area contributed by atoms with E-state index < -0.39 is 0 Å². The molecule has 4 heterocycles. The zero-order valence-corrected chi connectivity index (χ0v) is 19.2. The summed E-state index contributed by atoms with van der Waals surface area (Å²) < 4.78 is 7.46. The molecule has 0 bridgehead atoms. The van der Waals surface area contributed by atoms with Crippen molar-refractivity contribution in [3.05, 3.63) is 39.8 Å². The maximum absolute atomic E-state index is 13.6. The van der Waals surface area contributed by atoms with Gasteiger partial charge in [0.05, 0.1) is 22.6 Å². The summed E-state index contributed by atoms with van der Waals surface area (Å²) in [5.41, 5.74) is 3.10. The van der Waals surface area contributed by atoms with Gasteiger partial charge in [0.25, 0.3) is 11.5 Å². The van der Waals surface area contributed by atoms with Crippen LogP contribution in [0.2, 0.25) is 0 Å². The number of fused-ring (bicyclic) bond motifs is 3. The highest BCUT2D eigenvalue weighted by molar-refractivity contribution is 6.07. The van der Waals surface area contributed by atoms with Crippen LogP contribution in [-0.4, -0.2) is 75.9 Å². The van der Waals surface area contributed by atoms with Gasteiger partial charge >= 0.3 is 0 Å². The molecule has 2 saturated heterocycles. The van der Waals surface area contributed by atoms with Crippen LogP contribution >= 0.6 is 0 Å². The van der Waals surface area contributed by atoms with E-state index in [0.717, 1.165) is 86.3 Å². The molecule has 0 unspecified atom stereocenters. The number of benzene rings is 1. The summed E-state index contributed by atoms with van der Waals surface area (Å²) in [6, 6.07) is 4.49. The Labute approximate surface area is 192 Å². The van der Waals surface area contributed by atoms with Gasteiger partial charge in [-0.05, 0) is 56.2 Å². The van der Waals surface area contributed by atoms with E-state index in [-0.39, 0.29) is 11.5 Å². The van der Waals surface area contributed by atoms with Crippen LogP contribution in [0.25, 0.3) is 21.8 Å². The van der Waals surface area contributed by atoms with Gasteiger partial charge in [0.1, 0.15) is 0 Å². The maximum Gasteiger partial charge on any atom is 0.259 e. The third-order valence-electron chi connectivity index (χ3n) is 7.62. The molecule has 0 spiro atoms. The molecule has 174 valence electrons. The average Bonchev–Trinajstić information content (AvgIpc) is 3.56. The van der Waals surface area contributed by atoms with Crippen LogP contribution in [0.5, 0.6) is 0 Å². The molecule has 0 atom stereocenters. The van der Waals surface area contributed by atoms with E-state index in [9.17, 15) is 9.59 Å². The summed E-state index contributed by atoms with van der Waals surface area (Å²) >= 11 is 0. The molecule has 8 heteroatoms. The van der Waals surface area contributed by atoms with E-state index in [4.69, 9.17) is 4.74 Å². The number of aromatic amines is 1. The fourth-order valence-electron chi connectivity index (χ4n) is 5.46. The zero-order valence-electron chi connectivity index (χ0n) is 19.2. The first-order chi connectivity index (χ1) is 16.1. The number of aromatic nitrogens is 3. The summed E-state index contributed by atoms with van der Waals surface area (Å²) in [4.78, 5) is 33.7. The van der Waals surface area contributed by atoms with E-state index in [1.165, 1.54) is 12.8 Å². The van der Waals surface area contributed by atoms with Crippen molar-refractivity contribution in [2.45, 2.75) is 45.2 Å². The molecule has 1 aliphatic carbocycles. The Morgan fingerprint density at radius 3 is 2.58 bits per heavy atom. The van der Waals surface area contributed by atoms with Gasteiger partial charge in [0.15, 0.2) is 0 Å². The molecule has 1 N–H and O–H groups in total. The predicted molar refractivity (Wildman–Crippen MR) is 127 cm³/mol. The van der Waals surface area contributed by atoms with Crippen LogP contribution in [0, 0.1) is 12.8 Å². The fraction of sp³-hybridized carbons (Fsp3) is 0.560. The predicted octanol–water partition coefficient (Wildman–Crippen LogP) is 2.53. The Bertz CT molecular complexity index is 1260. The van der Waals surface area contributed by atoms with Gasteiger partial charge in [-0.15, -0.1) is 0 Å². The highest BCUT2D eigenvalue weighted by Crippen LogP contribution is 2.33. The molecular formula is C25H31N5O3. The minimum Gasteiger partial charge on any atom is -0.381 e. The quantitative estimate of drug-likeness (QED) is 0.662. The summed E-state index contributed by atoms with van der Waals surface area (Å²) in [6.45, 7) is 7.77. The van der Waals surface area contributed by atoms with Crippen molar-refractivity contribution >= 4 is 27.7 Å². The number of carbonyl (C=O) groups is 1. The molecule has 8 nitrogen and oxygen atoms in total. The van der Waals surface area contributed by atoms with Crippen molar-refractivity contribution in [1.29, 1.82) is 0 Å². The molecule has 3 aromatic rings. The number of carbonyl (C=O) groups excluding carboxylic acids is 1. The van der Waals surface area contributed by atoms with Crippen molar-refractivity contribution in [2.75, 3.05) is 39.4 Å². The lowest BCUT2D eigenvalue weighted by atomic mass is 10.0. The molecule has 2 aromatic heterocycles. The molecule has 6 rings (SSSR count). The molecule has 0 radical (unpaired) electrons. The number of aryl methyl sites for hydroxylation is 1. The number of H-pyrrole nitrogens is 1. The zero-order chi connectivity index (χ0) is 22.5. The normalized spacial score (nSPS) is 20.7. The first-order valence-corrected chi connectivity index (χ1v) is 12.2. The largest absolute Gasteiger partial charge is 0.381 e. The minimum atomic E-state index is -0.123. The average molecular weight is 450 g/mol. The Morgan fingerprint density at radius 1 is 1.09 bits per heavy atom. The number of piperazine rings is 1. The number of hydrogen-bond donors (Lipinski definition) is 1. The highest BCUT2D eigenvalue weighted by atomic mass is 16.5. The van der Waals surface area contributed by atoms with E-state index in [1.807, 2.05) is 28.6 Å². The van der Waals surface area contributed by atoms with Gasteiger partial charge in [-0.25, -0.2) is 0 Å². The lowest BCUT2D eigenvalue weighted by Gasteiger charge is -2.40. The smallest absolute Gasteiger partial charge is 0.259 e. The number of pyridine rings is 1. The Balaban J connectivity index is 1.30. The van der Waals surface area contributed by atoms with Crippen LogP contribution in [0.4, 0.5) is 0 Å². The number of ether oxygens (including phenoxy) is 1.